The van der Waals surface area contributed by atoms with Crippen molar-refractivity contribution in [2.75, 3.05) is 27.3 Å². The predicted molar refractivity (Wildman–Crippen MR) is 128 cm³/mol. The first-order valence-electron chi connectivity index (χ1n) is 11.2. The molecular weight excluding hydrogens is 436 g/mol. The summed E-state index contributed by atoms with van der Waals surface area (Å²) in [6.07, 6.45) is 4.80. The van der Waals surface area contributed by atoms with E-state index in [1.165, 1.54) is 27.7 Å². The lowest BCUT2D eigenvalue weighted by atomic mass is 9.88. The van der Waals surface area contributed by atoms with E-state index in [1.54, 1.807) is 14.2 Å². The maximum Gasteiger partial charge on any atom is 0.230 e. The van der Waals surface area contributed by atoms with Crippen LogP contribution in [0.3, 0.4) is 0 Å². The van der Waals surface area contributed by atoms with Crippen LogP contribution in [0, 0.1) is 5.92 Å². The molecule has 0 unspecified atom stereocenters. The standard InChI is InChI=1S/C25H28N4O3S/c1-31-20-9-8-19(15-21(20)32-2)22(23-24(30)29-25(33-23)26-16-27-29)28-12-10-18(11-13-28)14-17-6-4-3-5-7-17/h3-9,15-16,18,22,30H,10-14H2,1-2H3/t22-/m1/s1. The Morgan fingerprint density at radius 2 is 1.82 bits per heavy atom. The third-order valence-corrected chi connectivity index (χ3v) is 7.58. The van der Waals surface area contributed by atoms with Gasteiger partial charge in [-0.3, -0.25) is 4.90 Å². The Labute approximate surface area is 197 Å². The Morgan fingerprint density at radius 3 is 2.52 bits per heavy atom. The highest BCUT2D eigenvalue weighted by atomic mass is 32.1. The van der Waals surface area contributed by atoms with Crippen LogP contribution in [0.4, 0.5) is 0 Å². The summed E-state index contributed by atoms with van der Waals surface area (Å²) < 4.78 is 12.5. The molecular formula is C25H28N4O3S. The highest BCUT2D eigenvalue weighted by Crippen LogP contribution is 2.43. The van der Waals surface area contributed by atoms with Gasteiger partial charge < -0.3 is 14.6 Å². The zero-order chi connectivity index (χ0) is 22.8. The number of benzene rings is 2. The lowest BCUT2D eigenvalue weighted by Gasteiger charge is -2.37. The molecule has 3 heterocycles. The molecule has 1 saturated heterocycles. The molecule has 0 saturated carbocycles. The van der Waals surface area contributed by atoms with Crippen LogP contribution in [0.2, 0.25) is 0 Å². The molecule has 2 aromatic carbocycles. The van der Waals surface area contributed by atoms with Gasteiger partial charge in [-0.1, -0.05) is 47.7 Å². The topological polar surface area (TPSA) is 72.1 Å². The highest BCUT2D eigenvalue weighted by Gasteiger charge is 2.32. The molecule has 4 aromatic rings. The van der Waals surface area contributed by atoms with E-state index in [1.807, 2.05) is 12.1 Å². The number of rotatable bonds is 7. The number of ether oxygens (including phenoxy) is 2. The average molecular weight is 465 g/mol. The van der Waals surface area contributed by atoms with Gasteiger partial charge in [-0.05, 0) is 61.5 Å². The van der Waals surface area contributed by atoms with E-state index in [-0.39, 0.29) is 11.9 Å². The van der Waals surface area contributed by atoms with E-state index >= 15 is 0 Å². The van der Waals surface area contributed by atoms with Crippen molar-refractivity contribution >= 4 is 16.3 Å². The molecule has 1 aliphatic heterocycles. The molecule has 8 heteroatoms. The smallest absolute Gasteiger partial charge is 0.230 e. The molecule has 5 rings (SSSR count). The normalized spacial score (nSPS) is 16.2. The van der Waals surface area contributed by atoms with Gasteiger partial charge in [-0.2, -0.15) is 9.61 Å². The zero-order valence-electron chi connectivity index (χ0n) is 18.8. The second-order valence-corrected chi connectivity index (χ2v) is 9.44. The third kappa shape index (κ3) is 4.28. The Kier molecular flexibility index (Phi) is 6.20. The zero-order valence-corrected chi connectivity index (χ0v) is 19.7. The molecule has 1 fully saturated rings. The van der Waals surface area contributed by atoms with E-state index < -0.39 is 0 Å². The Morgan fingerprint density at radius 1 is 1.06 bits per heavy atom. The summed E-state index contributed by atoms with van der Waals surface area (Å²) in [4.78, 5) is 8.27. The van der Waals surface area contributed by atoms with Crippen LogP contribution >= 0.6 is 11.3 Å². The molecule has 0 spiro atoms. The molecule has 1 aliphatic rings. The van der Waals surface area contributed by atoms with E-state index in [9.17, 15) is 5.11 Å². The molecule has 0 aliphatic carbocycles. The Hall–Kier alpha value is -3.10. The summed E-state index contributed by atoms with van der Waals surface area (Å²) in [5, 5.41) is 15.2. The number of fused-ring (bicyclic) bond motifs is 1. The second-order valence-electron chi connectivity index (χ2n) is 8.43. The maximum atomic E-state index is 11.0. The van der Waals surface area contributed by atoms with Gasteiger partial charge in [0, 0.05) is 0 Å². The van der Waals surface area contributed by atoms with Crippen LogP contribution in [0.15, 0.2) is 54.9 Å². The van der Waals surface area contributed by atoms with Gasteiger partial charge >= 0.3 is 0 Å². The average Bonchev–Trinajstić information content (AvgIpc) is 3.44. The van der Waals surface area contributed by atoms with Crippen LogP contribution < -0.4 is 9.47 Å². The number of aromatic nitrogens is 3. The van der Waals surface area contributed by atoms with Crippen LogP contribution in [0.1, 0.15) is 34.9 Å². The largest absolute Gasteiger partial charge is 0.493 e. The summed E-state index contributed by atoms with van der Waals surface area (Å²) in [5.74, 6) is 2.18. The van der Waals surface area contributed by atoms with Crippen molar-refractivity contribution in [2.24, 2.45) is 5.92 Å². The lowest BCUT2D eigenvalue weighted by molar-refractivity contribution is 0.150. The Bertz CT molecular complexity index is 1220. The van der Waals surface area contributed by atoms with Gasteiger partial charge in [0.05, 0.1) is 25.1 Å². The van der Waals surface area contributed by atoms with Crippen molar-refractivity contribution in [1.29, 1.82) is 0 Å². The van der Waals surface area contributed by atoms with Gasteiger partial charge in [-0.25, -0.2) is 4.98 Å². The van der Waals surface area contributed by atoms with Gasteiger partial charge in [0.15, 0.2) is 11.5 Å². The number of aromatic hydroxyl groups is 1. The number of methoxy groups -OCH3 is 2. The molecule has 1 N–H and O–H groups in total. The quantitative estimate of drug-likeness (QED) is 0.432. The van der Waals surface area contributed by atoms with Crippen molar-refractivity contribution in [3.05, 3.63) is 70.9 Å². The van der Waals surface area contributed by atoms with E-state index in [2.05, 4.69) is 51.4 Å². The highest BCUT2D eigenvalue weighted by molar-refractivity contribution is 7.17. The molecule has 0 bridgehead atoms. The molecule has 0 amide bonds. The van der Waals surface area contributed by atoms with E-state index in [0.717, 1.165) is 42.8 Å². The minimum Gasteiger partial charge on any atom is -0.493 e. The first-order chi connectivity index (χ1) is 16.2. The second kappa shape index (κ2) is 9.41. The number of piperidine rings is 1. The van der Waals surface area contributed by atoms with Gasteiger partial charge in [0.25, 0.3) is 0 Å². The molecule has 2 aromatic heterocycles. The summed E-state index contributed by atoms with van der Waals surface area (Å²) in [6.45, 7) is 1.90. The summed E-state index contributed by atoms with van der Waals surface area (Å²) in [5.41, 5.74) is 2.45. The van der Waals surface area contributed by atoms with Crippen molar-refractivity contribution < 1.29 is 14.6 Å². The van der Waals surface area contributed by atoms with Crippen LogP contribution in [0.25, 0.3) is 4.96 Å². The van der Waals surface area contributed by atoms with E-state index in [0.29, 0.717) is 22.4 Å². The molecule has 1 atom stereocenters. The lowest BCUT2D eigenvalue weighted by Crippen LogP contribution is -2.37. The minimum atomic E-state index is -0.115. The van der Waals surface area contributed by atoms with Crippen LogP contribution in [-0.4, -0.2) is 51.9 Å². The van der Waals surface area contributed by atoms with Gasteiger partial charge in [0.1, 0.15) is 6.33 Å². The van der Waals surface area contributed by atoms with Crippen LogP contribution in [0.5, 0.6) is 17.4 Å². The molecule has 0 radical (unpaired) electrons. The Balaban J connectivity index is 1.45. The van der Waals surface area contributed by atoms with Crippen molar-refractivity contribution in [3.8, 4) is 17.4 Å². The minimum absolute atomic E-state index is 0.115. The summed E-state index contributed by atoms with van der Waals surface area (Å²) in [6, 6.07) is 16.6. The number of hydrogen-bond donors (Lipinski definition) is 1. The van der Waals surface area contributed by atoms with Crippen molar-refractivity contribution in [2.45, 2.75) is 25.3 Å². The summed E-state index contributed by atoms with van der Waals surface area (Å²) >= 11 is 1.48. The SMILES string of the molecule is COc1ccc([C@H](c2sc3ncnn3c2O)N2CCC(Cc3ccccc3)CC2)cc1OC. The number of hydrogen-bond acceptors (Lipinski definition) is 7. The number of thiazole rings is 1. The first kappa shape index (κ1) is 21.7. The molecule has 7 nitrogen and oxygen atoms in total. The fourth-order valence-electron chi connectivity index (χ4n) is 4.79. The van der Waals surface area contributed by atoms with Crippen molar-refractivity contribution in [3.63, 3.8) is 0 Å². The summed E-state index contributed by atoms with van der Waals surface area (Å²) in [7, 11) is 3.28. The number of likely N-dealkylation sites (tertiary alicyclic amines) is 1. The predicted octanol–water partition coefficient (Wildman–Crippen LogP) is 4.56. The van der Waals surface area contributed by atoms with Crippen molar-refractivity contribution in [1.82, 2.24) is 19.5 Å². The molecule has 172 valence electrons. The first-order valence-corrected chi connectivity index (χ1v) is 12.0. The fraction of sp³-hybridized carbons (Fsp3) is 0.360. The van der Waals surface area contributed by atoms with Gasteiger partial charge in [0.2, 0.25) is 10.8 Å². The molecule has 33 heavy (non-hydrogen) atoms. The van der Waals surface area contributed by atoms with Crippen LogP contribution in [-0.2, 0) is 6.42 Å². The maximum absolute atomic E-state index is 11.0. The third-order valence-electron chi connectivity index (χ3n) is 6.49. The fourth-order valence-corrected chi connectivity index (χ4v) is 5.88. The monoisotopic (exact) mass is 464 g/mol. The van der Waals surface area contributed by atoms with Gasteiger partial charge in [-0.15, -0.1) is 0 Å². The number of nitrogens with zero attached hydrogens (tertiary/aromatic N) is 4. The van der Waals surface area contributed by atoms with E-state index in [4.69, 9.17) is 9.47 Å².